The Hall–Kier alpha value is -1.10. The van der Waals surface area contributed by atoms with Gasteiger partial charge < -0.3 is 14.7 Å². The molecule has 0 saturated carbocycles. The maximum absolute atomic E-state index is 12.1. The molecule has 146 valence electrons. The average molecular weight is 355 g/mol. The van der Waals surface area contributed by atoms with E-state index in [-0.39, 0.29) is 24.4 Å². The van der Waals surface area contributed by atoms with E-state index >= 15 is 0 Å². The van der Waals surface area contributed by atoms with Crippen LogP contribution in [0.25, 0.3) is 0 Å². The minimum Gasteiger partial charge on any atom is -0.469 e. The van der Waals surface area contributed by atoms with Crippen LogP contribution < -0.4 is 0 Å². The van der Waals surface area contributed by atoms with Crippen molar-refractivity contribution in [3.63, 3.8) is 0 Å². The third-order valence-corrected chi connectivity index (χ3v) is 5.21. The Morgan fingerprint density at radius 2 is 1.84 bits per heavy atom. The molecule has 0 saturated heterocycles. The van der Waals surface area contributed by atoms with Crippen molar-refractivity contribution < 1.29 is 14.6 Å². The van der Waals surface area contributed by atoms with Crippen LogP contribution in [0, 0.1) is 11.8 Å². The molecular weight excluding hydrogens is 316 g/mol. The maximum atomic E-state index is 12.1. The van der Waals surface area contributed by atoms with Gasteiger partial charge in [-0.2, -0.15) is 0 Å². The normalized spacial score (nSPS) is 16.6. The van der Waals surface area contributed by atoms with Crippen molar-refractivity contribution in [3.05, 3.63) is 0 Å². The van der Waals surface area contributed by atoms with Gasteiger partial charge in [-0.15, -0.1) is 0 Å². The zero-order valence-corrected chi connectivity index (χ0v) is 16.5. The second-order valence-electron chi connectivity index (χ2n) is 7.13. The van der Waals surface area contributed by atoms with E-state index in [0.717, 1.165) is 31.8 Å². The van der Waals surface area contributed by atoms with Crippen molar-refractivity contribution in [1.29, 1.82) is 0 Å². The summed E-state index contributed by atoms with van der Waals surface area (Å²) in [6.45, 7) is 6.51. The van der Waals surface area contributed by atoms with Crippen molar-refractivity contribution in [2.45, 2.75) is 71.6 Å². The lowest BCUT2D eigenvalue weighted by Gasteiger charge is -2.29. The molecule has 2 unspecified atom stereocenters. The van der Waals surface area contributed by atoms with Crippen molar-refractivity contribution in [3.8, 4) is 0 Å². The van der Waals surface area contributed by atoms with Gasteiger partial charge in [-0.1, -0.05) is 65.2 Å². The molecule has 25 heavy (non-hydrogen) atoms. The lowest BCUT2D eigenvalue weighted by molar-refractivity contribution is -0.146. The van der Waals surface area contributed by atoms with Crippen LogP contribution in [0.4, 0.5) is 0 Å². The maximum Gasteiger partial charge on any atom is 0.309 e. The Bertz CT molecular complexity index is 398. The van der Waals surface area contributed by atoms with Gasteiger partial charge in [-0.3, -0.25) is 9.79 Å². The monoisotopic (exact) mass is 354 g/mol. The van der Waals surface area contributed by atoms with Gasteiger partial charge in [0, 0.05) is 19.0 Å². The van der Waals surface area contributed by atoms with E-state index in [4.69, 9.17) is 4.74 Å². The van der Waals surface area contributed by atoms with Crippen LogP contribution in [-0.4, -0.2) is 55.2 Å². The molecule has 0 bridgehead atoms. The number of esters is 1. The highest BCUT2D eigenvalue weighted by molar-refractivity contribution is 5.90. The molecule has 0 aromatic carbocycles. The third kappa shape index (κ3) is 7.76. The first-order valence-corrected chi connectivity index (χ1v) is 10.1. The van der Waals surface area contributed by atoms with Gasteiger partial charge in [-0.05, 0) is 6.42 Å². The summed E-state index contributed by atoms with van der Waals surface area (Å²) in [5.74, 6) is 0.743. The Balaban J connectivity index is 2.48. The van der Waals surface area contributed by atoms with Crippen LogP contribution in [0.2, 0.25) is 0 Å². The van der Waals surface area contributed by atoms with Crippen LogP contribution >= 0.6 is 0 Å². The predicted octanol–water partition coefficient (Wildman–Crippen LogP) is 3.65. The summed E-state index contributed by atoms with van der Waals surface area (Å²) in [6.07, 6.45) is 11.2. The fraction of sp³-hybridized carbons (Fsp3) is 0.900. The number of aliphatic hydroxyl groups is 1. The molecule has 2 atom stereocenters. The zero-order valence-electron chi connectivity index (χ0n) is 16.5. The first-order chi connectivity index (χ1) is 12.2. The number of hydrogen-bond acceptors (Lipinski definition) is 5. The molecular formula is C20H38N2O3. The molecule has 0 radical (unpaired) electrons. The van der Waals surface area contributed by atoms with E-state index in [1.54, 1.807) is 0 Å². The number of carbonyl (C=O) groups is 1. The molecule has 5 heteroatoms. The Kier molecular flexibility index (Phi) is 11.5. The molecule has 0 aromatic heterocycles. The van der Waals surface area contributed by atoms with Crippen molar-refractivity contribution in [2.24, 2.45) is 16.8 Å². The molecule has 1 N–H and O–H groups in total. The van der Waals surface area contributed by atoms with Crippen LogP contribution in [0.5, 0.6) is 0 Å². The van der Waals surface area contributed by atoms with Crippen LogP contribution in [0.1, 0.15) is 71.6 Å². The first kappa shape index (κ1) is 21.9. The largest absolute Gasteiger partial charge is 0.469 e. The zero-order chi connectivity index (χ0) is 18.5. The number of aliphatic imine (C=N–C) groups is 1. The smallest absolute Gasteiger partial charge is 0.309 e. The van der Waals surface area contributed by atoms with Crippen LogP contribution in [0.3, 0.4) is 0 Å². The molecule has 0 aromatic rings. The summed E-state index contributed by atoms with van der Waals surface area (Å²) < 4.78 is 4.97. The lowest BCUT2D eigenvalue weighted by Crippen LogP contribution is -2.39. The highest BCUT2D eigenvalue weighted by Gasteiger charge is 2.33. The summed E-state index contributed by atoms with van der Waals surface area (Å²) >= 11 is 0. The van der Waals surface area contributed by atoms with Crippen molar-refractivity contribution in [1.82, 2.24) is 4.90 Å². The Morgan fingerprint density at radius 1 is 1.20 bits per heavy atom. The van der Waals surface area contributed by atoms with Crippen molar-refractivity contribution >= 4 is 11.8 Å². The molecule has 1 aliphatic heterocycles. The van der Waals surface area contributed by atoms with E-state index in [9.17, 15) is 9.90 Å². The van der Waals surface area contributed by atoms with Crippen molar-refractivity contribution in [2.75, 3.05) is 33.4 Å². The summed E-state index contributed by atoms with van der Waals surface area (Å²) in [5, 5.41) is 9.27. The van der Waals surface area contributed by atoms with E-state index in [1.807, 2.05) is 6.92 Å². The first-order valence-electron chi connectivity index (χ1n) is 10.1. The number of β-amino-alcohol motifs (C(OH)–C–C–N with tert-alkyl or cyclic N) is 1. The number of rotatable bonds is 14. The van der Waals surface area contributed by atoms with Crippen LogP contribution in [-0.2, 0) is 9.53 Å². The Morgan fingerprint density at radius 3 is 2.44 bits per heavy atom. The lowest BCUT2D eigenvalue weighted by atomic mass is 9.87. The number of nitrogens with zero attached hydrogens (tertiary/aromatic N) is 2. The summed E-state index contributed by atoms with van der Waals surface area (Å²) in [6, 6.07) is 0. The number of aliphatic hydroxyl groups excluding tert-OH is 1. The van der Waals surface area contributed by atoms with Gasteiger partial charge in [0.15, 0.2) is 0 Å². The summed E-state index contributed by atoms with van der Waals surface area (Å²) in [4.78, 5) is 18.8. The molecule has 0 fully saturated rings. The predicted molar refractivity (Wildman–Crippen MR) is 103 cm³/mol. The molecule has 0 aliphatic carbocycles. The highest BCUT2D eigenvalue weighted by Crippen LogP contribution is 2.26. The van der Waals surface area contributed by atoms with E-state index in [2.05, 4.69) is 16.8 Å². The van der Waals surface area contributed by atoms with E-state index < -0.39 is 0 Å². The number of ether oxygens (including phenoxy) is 1. The topological polar surface area (TPSA) is 62.1 Å². The molecule has 0 amide bonds. The highest BCUT2D eigenvalue weighted by atomic mass is 16.5. The van der Waals surface area contributed by atoms with E-state index in [0.29, 0.717) is 6.54 Å². The van der Waals surface area contributed by atoms with E-state index in [1.165, 1.54) is 52.1 Å². The number of unbranched alkanes of at least 4 members (excludes halogenated alkanes) is 7. The molecule has 0 spiro atoms. The second-order valence-corrected chi connectivity index (χ2v) is 7.13. The van der Waals surface area contributed by atoms with Gasteiger partial charge >= 0.3 is 5.97 Å². The fourth-order valence-corrected chi connectivity index (χ4v) is 3.65. The quantitative estimate of drug-likeness (QED) is 0.382. The molecule has 1 aliphatic rings. The number of methoxy groups -OCH3 is 1. The molecule has 1 heterocycles. The molecule has 5 nitrogen and oxygen atoms in total. The Labute approximate surface area is 153 Å². The number of amidine groups is 1. The van der Waals surface area contributed by atoms with Gasteiger partial charge in [-0.25, -0.2) is 0 Å². The number of hydrogen-bond donors (Lipinski definition) is 1. The second kappa shape index (κ2) is 13.2. The van der Waals surface area contributed by atoms with Gasteiger partial charge in [0.25, 0.3) is 0 Å². The molecule has 1 rings (SSSR count). The third-order valence-electron chi connectivity index (χ3n) is 5.21. The van der Waals surface area contributed by atoms with Gasteiger partial charge in [0.1, 0.15) is 5.84 Å². The minimum atomic E-state index is -0.187. The number of carbonyl (C=O) groups excluding carboxylic acids is 1. The van der Waals surface area contributed by atoms with Crippen LogP contribution in [0.15, 0.2) is 4.99 Å². The summed E-state index contributed by atoms with van der Waals surface area (Å²) in [7, 11) is 1.45. The SMILES string of the molecule is CCCCCCCCCCC(C1=NCCN1CCO)C(C)C(=O)OC. The summed E-state index contributed by atoms with van der Waals surface area (Å²) in [5.41, 5.74) is 0. The minimum absolute atomic E-state index is 0.0987. The van der Waals surface area contributed by atoms with Gasteiger partial charge in [0.05, 0.1) is 26.2 Å². The van der Waals surface area contributed by atoms with Gasteiger partial charge in [0.2, 0.25) is 0 Å². The average Bonchev–Trinajstić information content (AvgIpc) is 3.07. The fourth-order valence-electron chi connectivity index (χ4n) is 3.65. The standard InChI is InChI=1S/C20H38N2O3/c1-4-5-6-7-8-9-10-11-12-18(17(2)20(24)25-3)19-21-13-14-22(19)15-16-23/h17-18,23H,4-16H2,1-3H3.